The van der Waals surface area contributed by atoms with Crippen LogP contribution in [0.5, 0.6) is 0 Å². The molecule has 0 fully saturated rings. The number of imidazole rings is 1. The molecule has 0 saturated carbocycles. The lowest BCUT2D eigenvalue weighted by atomic mass is 10.3. The third-order valence-electron chi connectivity index (χ3n) is 1.44. The maximum Gasteiger partial charge on any atom is 0.243 e. The Hall–Kier alpha value is -0.790. The van der Waals surface area contributed by atoms with Crippen LogP contribution in [0.4, 0.5) is 0 Å². The second-order valence-corrected chi connectivity index (χ2v) is 2.42. The van der Waals surface area contributed by atoms with Gasteiger partial charge in [-0.3, -0.25) is 0 Å². The van der Waals surface area contributed by atoms with Crippen LogP contribution in [0.1, 0.15) is 22.5 Å². The van der Waals surface area contributed by atoms with E-state index in [2.05, 4.69) is 0 Å². The topological polar surface area (TPSA) is 8.81 Å². The molecule has 0 bridgehead atoms. The molecule has 2 heteroatoms. The molecular weight excluding hydrogens is 124 g/mol. The summed E-state index contributed by atoms with van der Waals surface area (Å²) in [4.78, 5) is 0. The molecule has 0 spiro atoms. The van der Waals surface area contributed by atoms with Crippen LogP contribution in [0.2, 0.25) is 0 Å². The van der Waals surface area contributed by atoms with E-state index in [1.54, 1.807) is 6.92 Å². The molecule has 1 aromatic heterocycles. The molecule has 1 aromatic rings. The Morgan fingerprint density at radius 1 is 1.70 bits per heavy atom. The first kappa shape index (κ1) is 4.94. The first-order valence-electron chi connectivity index (χ1n) is 4.48. The zero-order valence-corrected chi connectivity index (χ0v) is 6.54. The van der Waals surface area contributed by atoms with Crippen molar-refractivity contribution in [3.8, 4) is 0 Å². The fourth-order valence-electron chi connectivity index (χ4n) is 0.875. The highest BCUT2D eigenvalue weighted by molar-refractivity contribution is 4.65. The van der Waals surface area contributed by atoms with E-state index in [0.29, 0.717) is 6.42 Å². The molecule has 1 rings (SSSR count). The van der Waals surface area contributed by atoms with Crippen molar-refractivity contribution < 1.29 is 7.31 Å². The lowest BCUT2D eigenvalue weighted by molar-refractivity contribution is -0.671. The van der Waals surface area contributed by atoms with Gasteiger partial charge in [-0.15, -0.1) is 0 Å². The number of rotatable bonds is 3. The molecule has 56 valence electrons. The third-order valence-corrected chi connectivity index (χ3v) is 1.44. The summed E-state index contributed by atoms with van der Waals surface area (Å²) in [5.41, 5.74) is 0. The van der Waals surface area contributed by atoms with Crippen molar-refractivity contribution >= 4 is 0 Å². The largest absolute Gasteiger partial charge is 0.243 e. The quantitative estimate of drug-likeness (QED) is 0.558. The Morgan fingerprint density at radius 2 is 2.50 bits per heavy atom. The van der Waals surface area contributed by atoms with E-state index in [0.717, 1.165) is 6.54 Å². The van der Waals surface area contributed by atoms with E-state index in [-0.39, 0.29) is 0 Å². The third kappa shape index (κ3) is 1.87. The van der Waals surface area contributed by atoms with Crippen LogP contribution in [-0.2, 0) is 13.6 Å². The van der Waals surface area contributed by atoms with Crippen molar-refractivity contribution in [2.45, 2.75) is 26.3 Å². The first-order valence-corrected chi connectivity index (χ1v) is 3.48. The minimum absolute atomic E-state index is 0.557. The van der Waals surface area contributed by atoms with Crippen molar-refractivity contribution in [1.82, 2.24) is 4.57 Å². The lowest BCUT2D eigenvalue weighted by Crippen LogP contribution is -2.23. The average Bonchev–Trinajstić information content (AvgIpc) is 2.30. The fraction of sp³-hybridized carbons (Fsp3) is 0.625. The summed E-state index contributed by atoms with van der Waals surface area (Å²) in [5, 5.41) is 0. The zero-order chi connectivity index (χ0) is 9.19. The van der Waals surface area contributed by atoms with Gasteiger partial charge in [0.2, 0.25) is 6.33 Å². The van der Waals surface area contributed by atoms with E-state index in [1.807, 2.05) is 34.9 Å². The number of aryl methyl sites for hydroxylation is 2. The molecule has 2 nitrogen and oxygen atoms in total. The van der Waals surface area contributed by atoms with E-state index in [4.69, 9.17) is 2.74 Å². The Balaban J connectivity index is 2.44. The lowest BCUT2D eigenvalue weighted by Gasteiger charge is -1.90. The van der Waals surface area contributed by atoms with Crippen LogP contribution >= 0.6 is 0 Å². The molecule has 0 N–H and O–H groups in total. The second-order valence-electron chi connectivity index (χ2n) is 2.42. The van der Waals surface area contributed by atoms with Gasteiger partial charge < -0.3 is 0 Å². The fourth-order valence-corrected chi connectivity index (χ4v) is 0.875. The van der Waals surface area contributed by atoms with Gasteiger partial charge in [-0.1, -0.05) is 13.3 Å². The van der Waals surface area contributed by atoms with Crippen molar-refractivity contribution in [2.75, 3.05) is 0 Å². The molecule has 0 amide bonds. The summed E-state index contributed by atoms with van der Waals surface area (Å²) >= 11 is 0. The highest BCUT2D eigenvalue weighted by atomic mass is 15.1. The van der Waals surface area contributed by atoms with Gasteiger partial charge >= 0.3 is 0 Å². The molecule has 0 radical (unpaired) electrons. The zero-order valence-electron chi connectivity index (χ0n) is 8.54. The number of hydrogen-bond acceptors (Lipinski definition) is 0. The van der Waals surface area contributed by atoms with Gasteiger partial charge in [0.15, 0.2) is 0 Å². The van der Waals surface area contributed by atoms with Crippen molar-refractivity contribution in [3.05, 3.63) is 18.7 Å². The number of aromatic nitrogens is 2. The van der Waals surface area contributed by atoms with Gasteiger partial charge in [0.25, 0.3) is 0 Å². The first-order chi connectivity index (χ1) is 5.47. The van der Waals surface area contributed by atoms with Gasteiger partial charge in [-0.25, -0.2) is 9.13 Å². The molecule has 0 atom stereocenters. The Labute approximate surface area is 64.9 Å². The van der Waals surface area contributed by atoms with E-state index in [9.17, 15) is 0 Å². The standard InChI is InChI=1S/C8H15N2/c1-3-4-5-10-7-6-9(2)8-10/h6-8H,3-5H2,1-2H3/q+1/i3D2. The number of nitrogens with zero attached hydrogens (tertiary/aromatic N) is 2. The smallest absolute Gasteiger partial charge is 0.240 e. The van der Waals surface area contributed by atoms with Crippen LogP contribution in [0.3, 0.4) is 0 Å². The summed E-state index contributed by atoms with van der Waals surface area (Å²) in [5.74, 6) is 0. The molecule has 1 heterocycles. The molecular formula is C8H15N2+. The summed E-state index contributed by atoms with van der Waals surface area (Å²) in [7, 11) is 1.96. The van der Waals surface area contributed by atoms with Gasteiger partial charge in [-0.05, 0) is 6.42 Å². The summed E-state index contributed by atoms with van der Waals surface area (Å²) in [6, 6.07) is 0. The molecule has 0 aromatic carbocycles. The van der Waals surface area contributed by atoms with Crippen LogP contribution in [0.15, 0.2) is 18.7 Å². The minimum Gasteiger partial charge on any atom is -0.240 e. The van der Waals surface area contributed by atoms with Crippen molar-refractivity contribution in [2.24, 2.45) is 7.05 Å². The van der Waals surface area contributed by atoms with Crippen LogP contribution < -0.4 is 4.57 Å². The molecule has 0 aliphatic heterocycles. The summed E-state index contributed by atoms with van der Waals surface area (Å²) < 4.78 is 18.6. The van der Waals surface area contributed by atoms with Crippen molar-refractivity contribution in [3.63, 3.8) is 0 Å². The normalized spacial score (nSPS) is 14.6. The van der Waals surface area contributed by atoms with E-state index >= 15 is 0 Å². The monoisotopic (exact) mass is 141 g/mol. The Morgan fingerprint density at radius 3 is 3.00 bits per heavy atom. The Kier molecular flexibility index (Phi) is 1.68. The van der Waals surface area contributed by atoms with Crippen LogP contribution in [0, 0.1) is 0 Å². The van der Waals surface area contributed by atoms with Gasteiger partial charge in [0.1, 0.15) is 12.4 Å². The predicted octanol–water partition coefficient (Wildman–Crippen LogP) is 1.11. The highest BCUT2D eigenvalue weighted by Gasteiger charge is 1.96. The minimum atomic E-state index is -1.07. The molecule has 0 aliphatic rings. The average molecular weight is 141 g/mol. The number of hydrogen-bond donors (Lipinski definition) is 0. The molecule has 0 unspecified atom stereocenters. The van der Waals surface area contributed by atoms with Gasteiger partial charge in [0.05, 0.1) is 13.6 Å². The second kappa shape index (κ2) is 3.40. The van der Waals surface area contributed by atoms with E-state index in [1.165, 1.54) is 0 Å². The van der Waals surface area contributed by atoms with Crippen molar-refractivity contribution in [1.29, 1.82) is 0 Å². The maximum atomic E-state index is 7.33. The molecule has 10 heavy (non-hydrogen) atoms. The summed E-state index contributed by atoms with van der Waals surface area (Å²) in [6.07, 6.45) is 5.34. The van der Waals surface area contributed by atoms with E-state index < -0.39 is 6.37 Å². The van der Waals surface area contributed by atoms with Gasteiger partial charge in [-0.2, -0.15) is 0 Å². The van der Waals surface area contributed by atoms with Crippen LogP contribution in [-0.4, -0.2) is 4.57 Å². The predicted molar refractivity (Wildman–Crippen MR) is 40.5 cm³/mol. The highest BCUT2D eigenvalue weighted by Crippen LogP contribution is 1.91. The molecule has 0 aliphatic carbocycles. The maximum absolute atomic E-state index is 7.33. The summed E-state index contributed by atoms with van der Waals surface area (Å²) in [6.45, 7) is 2.35. The van der Waals surface area contributed by atoms with Gasteiger partial charge in [0, 0.05) is 2.74 Å². The SMILES string of the molecule is [2H]C([2H])(C)CCn1cc[n+](C)c1. The Bertz CT molecular complexity index is 250. The molecule has 0 saturated heterocycles. The van der Waals surface area contributed by atoms with Crippen LogP contribution in [0.25, 0.3) is 0 Å².